The van der Waals surface area contributed by atoms with Crippen LogP contribution in [0.1, 0.15) is 31.9 Å². The van der Waals surface area contributed by atoms with Gasteiger partial charge in [0, 0.05) is 6.54 Å². The summed E-state index contributed by atoms with van der Waals surface area (Å²) >= 11 is 0. The zero-order valence-corrected chi connectivity index (χ0v) is 13.0. The molecule has 0 aliphatic carbocycles. The molecule has 0 heterocycles. The molecule has 0 fully saturated rings. The van der Waals surface area contributed by atoms with Gasteiger partial charge in [0.1, 0.15) is 5.60 Å². The first-order valence-electron chi connectivity index (χ1n) is 6.92. The Bertz CT molecular complexity index is 488. The Balaban J connectivity index is 2.56. The van der Waals surface area contributed by atoms with Crippen LogP contribution in [-0.2, 0) is 16.0 Å². The second kappa shape index (κ2) is 7.11. The average molecular weight is 293 g/mol. The molecule has 0 aliphatic heterocycles. The normalized spacial score (nSPS) is 12.6. The third-order valence-electron chi connectivity index (χ3n) is 2.84. The van der Waals surface area contributed by atoms with Gasteiger partial charge in [-0.15, -0.1) is 0 Å². The number of rotatable bonds is 5. The van der Waals surface area contributed by atoms with Crippen molar-refractivity contribution < 1.29 is 19.4 Å². The number of carboxylic acids is 1. The van der Waals surface area contributed by atoms with E-state index in [1.54, 1.807) is 20.8 Å². The maximum Gasteiger partial charge on any atom is 0.407 e. The second-order valence-corrected chi connectivity index (χ2v) is 6.11. The summed E-state index contributed by atoms with van der Waals surface area (Å²) in [5.74, 6) is -1.62. The number of carbonyl (C=O) groups is 2. The maximum atomic E-state index is 11.6. The van der Waals surface area contributed by atoms with Gasteiger partial charge < -0.3 is 15.2 Å². The number of aliphatic carboxylic acids is 1. The van der Waals surface area contributed by atoms with Crippen molar-refractivity contribution in [2.24, 2.45) is 5.92 Å². The van der Waals surface area contributed by atoms with Crippen molar-refractivity contribution in [2.45, 2.75) is 39.7 Å². The summed E-state index contributed by atoms with van der Waals surface area (Å²) in [6.07, 6.45) is -0.233. The predicted octanol–water partition coefficient (Wildman–Crippen LogP) is 2.76. The Kier molecular flexibility index (Phi) is 5.76. The van der Waals surface area contributed by atoms with Crippen LogP contribution in [-0.4, -0.2) is 29.3 Å². The molecule has 1 amide bonds. The van der Waals surface area contributed by atoms with Crippen LogP contribution >= 0.6 is 0 Å². The van der Waals surface area contributed by atoms with Crippen molar-refractivity contribution in [2.75, 3.05) is 6.54 Å². The van der Waals surface area contributed by atoms with Gasteiger partial charge in [-0.3, -0.25) is 4.79 Å². The van der Waals surface area contributed by atoms with E-state index >= 15 is 0 Å². The van der Waals surface area contributed by atoms with Crippen molar-refractivity contribution in [3.63, 3.8) is 0 Å². The first kappa shape index (κ1) is 17.0. The minimum atomic E-state index is -0.938. The summed E-state index contributed by atoms with van der Waals surface area (Å²) in [6.45, 7) is 7.29. The number of hydrogen-bond donors (Lipinski definition) is 2. The molecule has 5 heteroatoms. The van der Waals surface area contributed by atoms with E-state index in [2.05, 4.69) is 5.32 Å². The monoisotopic (exact) mass is 293 g/mol. The van der Waals surface area contributed by atoms with Gasteiger partial charge in [-0.25, -0.2) is 4.79 Å². The lowest BCUT2D eigenvalue weighted by molar-refractivity contribution is -0.141. The van der Waals surface area contributed by atoms with Crippen molar-refractivity contribution in [1.82, 2.24) is 5.32 Å². The van der Waals surface area contributed by atoms with Crippen molar-refractivity contribution in [3.8, 4) is 0 Å². The molecule has 0 spiro atoms. The lowest BCUT2D eigenvalue weighted by atomic mass is 9.99. The van der Waals surface area contributed by atoms with Crippen LogP contribution in [0.3, 0.4) is 0 Å². The Labute approximate surface area is 125 Å². The standard InChI is InChI=1S/C16H23NO4/c1-11-5-7-12(8-6-11)9-13(14(18)19)10-17-15(20)21-16(2,3)4/h5-8,13H,9-10H2,1-4H3,(H,17,20)(H,18,19)/t13-/m1/s1. The van der Waals surface area contributed by atoms with Gasteiger partial charge in [0.2, 0.25) is 0 Å². The molecule has 116 valence electrons. The zero-order chi connectivity index (χ0) is 16.0. The first-order valence-corrected chi connectivity index (χ1v) is 6.92. The molecule has 0 aromatic heterocycles. The molecule has 5 nitrogen and oxygen atoms in total. The number of nitrogens with one attached hydrogen (secondary N) is 1. The SMILES string of the molecule is Cc1ccc(C[C@H](CNC(=O)OC(C)(C)C)C(=O)O)cc1. The molecule has 0 bridgehead atoms. The van der Waals surface area contributed by atoms with Crippen molar-refractivity contribution >= 4 is 12.1 Å². The summed E-state index contributed by atoms with van der Waals surface area (Å²) in [7, 11) is 0. The highest BCUT2D eigenvalue weighted by atomic mass is 16.6. The van der Waals surface area contributed by atoms with Gasteiger partial charge in [0.25, 0.3) is 0 Å². The molecule has 1 rings (SSSR count). The first-order chi connectivity index (χ1) is 9.67. The molecule has 0 saturated heterocycles. The van der Waals surface area contributed by atoms with Gasteiger partial charge in [0.05, 0.1) is 5.92 Å². The third kappa shape index (κ3) is 6.79. The van der Waals surface area contributed by atoms with Gasteiger partial charge in [-0.1, -0.05) is 29.8 Å². The summed E-state index contributed by atoms with van der Waals surface area (Å²) in [5.41, 5.74) is 1.45. The van der Waals surface area contributed by atoms with Crippen molar-refractivity contribution in [3.05, 3.63) is 35.4 Å². The summed E-state index contributed by atoms with van der Waals surface area (Å²) in [4.78, 5) is 22.8. The quantitative estimate of drug-likeness (QED) is 0.875. The van der Waals surface area contributed by atoms with E-state index < -0.39 is 23.6 Å². The highest BCUT2D eigenvalue weighted by molar-refractivity contribution is 5.73. The topological polar surface area (TPSA) is 75.6 Å². The molecule has 0 unspecified atom stereocenters. The van der Waals surface area contributed by atoms with Crippen LogP contribution in [0.25, 0.3) is 0 Å². The minimum absolute atomic E-state index is 0.0398. The molecule has 1 atom stereocenters. The zero-order valence-electron chi connectivity index (χ0n) is 13.0. The third-order valence-corrected chi connectivity index (χ3v) is 2.84. The molecule has 21 heavy (non-hydrogen) atoms. The highest BCUT2D eigenvalue weighted by Crippen LogP contribution is 2.11. The summed E-state index contributed by atoms with van der Waals surface area (Å²) in [6, 6.07) is 7.68. The number of amides is 1. The lowest BCUT2D eigenvalue weighted by Crippen LogP contribution is -2.37. The van der Waals surface area contributed by atoms with E-state index in [1.165, 1.54) is 0 Å². The number of alkyl carbamates (subject to hydrolysis) is 1. The largest absolute Gasteiger partial charge is 0.481 e. The van der Waals surface area contributed by atoms with E-state index in [1.807, 2.05) is 31.2 Å². The number of benzene rings is 1. The fourth-order valence-electron chi connectivity index (χ4n) is 1.78. The molecule has 1 aromatic carbocycles. The fraction of sp³-hybridized carbons (Fsp3) is 0.500. The summed E-state index contributed by atoms with van der Waals surface area (Å²) in [5, 5.41) is 11.8. The van der Waals surface area contributed by atoms with Crippen LogP contribution in [0.4, 0.5) is 4.79 Å². The predicted molar refractivity (Wildman–Crippen MR) is 80.2 cm³/mol. The van der Waals surface area contributed by atoms with Crippen LogP contribution in [0.5, 0.6) is 0 Å². The Morgan fingerprint density at radius 1 is 1.24 bits per heavy atom. The van der Waals surface area contributed by atoms with E-state index in [-0.39, 0.29) is 6.54 Å². The second-order valence-electron chi connectivity index (χ2n) is 6.11. The van der Waals surface area contributed by atoms with E-state index in [9.17, 15) is 14.7 Å². The van der Waals surface area contributed by atoms with Crippen LogP contribution in [0.2, 0.25) is 0 Å². The molecule has 0 saturated carbocycles. The maximum absolute atomic E-state index is 11.6. The number of carbonyl (C=O) groups excluding carboxylic acids is 1. The number of aryl methyl sites for hydroxylation is 1. The van der Waals surface area contributed by atoms with Gasteiger partial charge in [-0.05, 0) is 39.7 Å². The minimum Gasteiger partial charge on any atom is -0.481 e. The number of hydrogen-bond acceptors (Lipinski definition) is 3. The molecule has 0 radical (unpaired) electrons. The number of ether oxygens (including phenoxy) is 1. The molecule has 0 aliphatic rings. The molecular weight excluding hydrogens is 270 g/mol. The van der Waals surface area contributed by atoms with E-state index in [0.717, 1.165) is 11.1 Å². The smallest absolute Gasteiger partial charge is 0.407 e. The van der Waals surface area contributed by atoms with Crippen molar-refractivity contribution in [1.29, 1.82) is 0 Å². The molecule has 1 aromatic rings. The Hall–Kier alpha value is -2.04. The van der Waals surface area contributed by atoms with Crippen LogP contribution in [0, 0.1) is 12.8 Å². The summed E-state index contributed by atoms with van der Waals surface area (Å²) < 4.78 is 5.09. The van der Waals surface area contributed by atoms with Crippen LogP contribution < -0.4 is 5.32 Å². The highest BCUT2D eigenvalue weighted by Gasteiger charge is 2.21. The Morgan fingerprint density at radius 2 is 1.81 bits per heavy atom. The van der Waals surface area contributed by atoms with E-state index in [4.69, 9.17) is 4.74 Å². The van der Waals surface area contributed by atoms with Gasteiger partial charge in [0.15, 0.2) is 0 Å². The number of carboxylic acid groups (broad SMARTS) is 1. The van der Waals surface area contributed by atoms with E-state index in [0.29, 0.717) is 6.42 Å². The lowest BCUT2D eigenvalue weighted by Gasteiger charge is -2.21. The van der Waals surface area contributed by atoms with Crippen LogP contribution in [0.15, 0.2) is 24.3 Å². The van der Waals surface area contributed by atoms with Gasteiger partial charge >= 0.3 is 12.1 Å². The molecule has 2 N–H and O–H groups in total. The Morgan fingerprint density at radius 3 is 2.29 bits per heavy atom. The van der Waals surface area contributed by atoms with Gasteiger partial charge in [-0.2, -0.15) is 0 Å². The average Bonchev–Trinajstić information content (AvgIpc) is 2.34. The fourth-order valence-corrected chi connectivity index (χ4v) is 1.78. The molecular formula is C16H23NO4.